The SMILES string of the molecule is CCCCC(CC)CN1C(=O)/C(=C\c2cccnc2)SC1=S. The van der Waals surface area contributed by atoms with Gasteiger partial charge in [-0.1, -0.05) is 63.2 Å². The average molecular weight is 335 g/mol. The van der Waals surface area contributed by atoms with Gasteiger partial charge < -0.3 is 0 Å². The lowest BCUT2D eigenvalue weighted by atomic mass is 9.99. The van der Waals surface area contributed by atoms with E-state index in [1.165, 1.54) is 24.6 Å². The molecule has 1 amide bonds. The Morgan fingerprint density at radius 1 is 1.45 bits per heavy atom. The van der Waals surface area contributed by atoms with Gasteiger partial charge in [0.05, 0.1) is 4.91 Å². The van der Waals surface area contributed by atoms with E-state index in [0.29, 0.717) is 15.1 Å². The maximum atomic E-state index is 12.6. The Hall–Kier alpha value is -1.20. The Labute approximate surface area is 142 Å². The van der Waals surface area contributed by atoms with Gasteiger partial charge in [-0.05, 0) is 30.0 Å². The number of hydrogen-bond donors (Lipinski definition) is 0. The second kappa shape index (κ2) is 8.44. The molecule has 0 saturated carbocycles. The number of aromatic nitrogens is 1. The minimum absolute atomic E-state index is 0.0359. The molecule has 1 aliphatic rings. The molecule has 22 heavy (non-hydrogen) atoms. The van der Waals surface area contributed by atoms with Gasteiger partial charge in [0.25, 0.3) is 5.91 Å². The van der Waals surface area contributed by atoms with Gasteiger partial charge >= 0.3 is 0 Å². The molecule has 1 unspecified atom stereocenters. The molecule has 3 nitrogen and oxygen atoms in total. The lowest BCUT2D eigenvalue weighted by Crippen LogP contribution is -2.33. The molecule has 0 bridgehead atoms. The largest absolute Gasteiger partial charge is 0.293 e. The van der Waals surface area contributed by atoms with Crippen molar-refractivity contribution >= 4 is 40.3 Å². The number of amides is 1. The Kier molecular flexibility index (Phi) is 6.58. The Morgan fingerprint density at radius 3 is 2.91 bits per heavy atom. The zero-order valence-electron chi connectivity index (χ0n) is 13.1. The van der Waals surface area contributed by atoms with Crippen LogP contribution in [0, 0.1) is 5.92 Å². The minimum Gasteiger partial charge on any atom is -0.293 e. The third-order valence-corrected chi connectivity index (χ3v) is 5.22. The first-order valence-electron chi connectivity index (χ1n) is 7.81. The molecule has 118 valence electrons. The number of pyridine rings is 1. The quantitative estimate of drug-likeness (QED) is 0.543. The van der Waals surface area contributed by atoms with Crippen LogP contribution >= 0.6 is 24.0 Å². The number of carbonyl (C=O) groups is 1. The van der Waals surface area contributed by atoms with Crippen LogP contribution in [0.5, 0.6) is 0 Å². The Morgan fingerprint density at radius 2 is 2.27 bits per heavy atom. The second-order valence-electron chi connectivity index (χ2n) is 5.50. The lowest BCUT2D eigenvalue weighted by molar-refractivity contribution is -0.122. The highest BCUT2D eigenvalue weighted by molar-refractivity contribution is 8.26. The van der Waals surface area contributed by atoms with Gasteiger partial charge in [-0.2, -0.15) is 0 Å². The smallest absolute Gasteiger partial charge is 0.266 e. The van der Waals surface area contributed by atoms with Crippen LogP contribution in [0.3, 0.4) is 0 Å². The topological polar surface area (TPSA) is 33.2 Å². The Balaban J connectivity index is 2.07. The molecule has 0 radical (unpaired) electrons. The number of thiocarbonyl (C=S) groups is 1. The van der Waals surface area contributed by atoms with E-state index in [1.807, 2.05) is 18.2 Å². The minimum atomic E-state index is 0.0359. The van der Waals surface area contributed by atoms with Crippen LogP contribution in [-0.2, 0) is 4.79 Å². The summed E-state index contributed by atoms with van der Waals surface area (Å²) in [6, 6.07) is 3.81. The average Bonchev–Trinajstić information content (AvgIpc) is 2.79. The molecular weight excluding hydrogens is 312 g/mol. The van der Waals surface area contributed by atoms with Crippen molar-refractivity contribution in [2.75, 3.05) is 6.54 Å². The fraction of sp³-hybridized carbons (Fsp3) is 0.471. The lowest BCUT2D eigenvalue weighted by Gasteiger charge is -2.21. The van der Waals surface area contributed by atoms with E-state index in [4.69, 9.17) is 12.2 Å². The van der Waals surface area contributed by atoms with Crippen molar-refractivity contribution in [3.8, 4) is 0 Å². The van der Waals surface area contributed by atoms with Gasteiger partial charge in [0, 0.05) is 18.9 Å². The summed E-state index contributed by atoms with van der Waals surface area (Å²) in [4.78, 5) is 19.1. The van der Waals surface area contributed by atoms with Gasteiger partial charge in [0.2, 0.25) is 0 Å². The van der Waals surface area contributed by atoms with Crippen LogP contribution in [0.2, 0.25) is 0 Å². The number of unbranched alkanes of at least 4 members (excludes halogenated alkanes) is 1. The molecule has 0 spiro atoms. The predicted octanol–water partition coefficient (Wildman–Crippen LogP) is 4.50. The molecule has 1 aliphatic heterocycles. The standard InChI is InChI=1S/C17H22N2OS2/c1-3-5-7-13(4-2)12-19-16(20)15(22-17(19)21)10-14-8-6-9-18-11-14/h6,8-11,13H,3-5,7,12H2,1-2H3/b15-10+. The number of nitrogens with zero attached hydrogens (tertiary/aromatic N) is 2. The van der Waals surface area contributed by atoms with Crippen LogP contribution in [0.1, 0.15) is 45.1 Å². The van der Waals surface area contributed by atoms with E-state index in [-0.39, 0.29) is 5.91 Å². The highest BCUT2D eigenvalue weighted by Gasteiger charge is 2.33. The molecular formula is C17H22N2OS2. The first-order chi connectivity index (χ1) is 10.7. The predicted molar refractivity (Wildman–Crippen MR) is 97.4 cm³/mol. The van der Waals surface area contributed by atoms with Crippen molar-refractivity contribution < 1.29 is 4.79 Å². The molecule has 2 heterocycles. The van der Waals surface area contributed by atoms with Crippen molar-refractivity contribution in [2.24, 2.45) is 5.92 Å². The zero-order chi connectivity index (χ0) is 15.9. The van der Waals surface area contributed by atoms with E-state index in [9.17, 15) is 4.79 Å². The van der Waals surface area contributed by atoms with Crippen LogP contribution in [0.4, 0.5) is 0 Å². The van der Waals surface area contributed by atoms with E-state index in [1.54, 1.807) is 17.3 Å². The molecule has 1 atom stereocenters. The summed E-state index contributed by atoms with van der Waals surface area (Å²) in [7, 11) is 0. The van der Waals surface area contributed by atoms with Crippen LogP contribution in [-0.4, -0.2) is 26.7 Å². The van der Waals surface area contributed by atoms with Crippen LogP contribution in [0.15, 0.2) is 29.4 Å². The summed E-state index contributed by atoms with van der Waals surface area (Å²) in [6.07, 6.45) is 9.99. The fourth-order valence-corrected chi connectivity index (χ4v) is 3.72. The highest BCUT2D eigenvalue weighted by Crippen LogP contribution is 2.33. The monoisotopic (exact) mass is 334 g/mol. The van der Waals surface area contributed by atoms with Crippen molar-refractivity contribution in [3.05, 3.63) is 35.0 Å². The molecule has 0 aliphatic carbocycles. The number of thioether (sulfide) groups is 1. The Bertz CT molecular complexity index is 557. The molecule has 0 aromatic carbocycles. The normalized spacial score (nSPS) is 18.3. The third-order valence-electron chi connectivity index (χ3n) is 3.84. The summed E-state index contributed by atoms with van der Waals surface area (Å²) in [5, 5.41) is 0. The van der Waals surface area contributed by atoms with Crippen LogP contribution < -0.4 is 0 Å². The highest BCUT2D eigenvalue weighted by atomic mass is 32.2. The number of hydrogen-bond acceptors (Lipinski definition) is 4. The zero-order valence-corrected chi connectivity index (χ0v) is 14.8. The van der Waals surface area contributed by atoms with Gasteiger partial charge in [-0.25, -0.2) is 0 Å². The van der Waals surface area contributed by atoms with E-state index in [0.717, 1.165) is 24.9 Å². The van der Waals surface area contributed by atoms with Crippen molar-refractivity contribution in [3.63, 3.8) is 0 Å². The first kappa shape index (κ1) is 17.2. The fourth-order valence-electron chi connectivity index (χ4n) is 2.45. The van der Waals surface area contributed by atoms with E-state index >= 15 is 0 Å². The number of rotatable bonds is 7. The molecule has 2 rings (SSSR count). The molecule has 1 aromatic heterocycles. The number of carbonyl (C=O) groups excluding carboxylic acids is 1. The first-order valence-corrected chi connectivity index (χ1v) is 9.03. The van der Waals surface area contributed by atoms with E-state index < -0.39 is 0 Å². The molecule has 0 N–H and O–H groups in total. The van der Waals surface area contributed by atoms with Crippen molar-refractivity contribution in [1.82, 2.24) is 9.88 Å². The summed E-state index contributed by atoms with van der Waals surface area (Å²) < 4.78 is 0.676. The second-order valence-corrected chi connectivity index (χ2v) is 7.17. The molecule has 1 fully saturated rings. The van der Waals surface area contributed by atoms with Crippen molar-refractivity contribution in [1.29, 1.82) is 0 Å². The summed E-state index contributed by atoms with van der Waals surface area (Å²) in [5.74, 6) is 0.564. The van der Waals surface area contributed by atoms with Gasteiger partial charge in [-0.15, -0.1) is 0 Å². The van der Waals surface area contributed by atoms with Gasteiger partial charge in [0.15, 0.2) is 0 Å². The molecule has 1 saturated heterocycles. The van der Waals surface area contributed by atoms with Gasteiger partial charge in [0.1, 0.15) is 4.32 Å². The maximum Gasteiger partial charge on any atom is 0.266 e. The van der Waals surface area contributed by atoms with Crippen LogP contribution in [0.25, 0.3) is 6.08 Å². The van der Waals surface area contributed by atoms with E-state index in [2.05, 4.69) is 18.8 Å². The molecule has 5 heteroatoms. The van der Waals surface area contributed by atoms with Gasteiger partial charge in [-0.3, -0.25) is 14.7 Å². The summed E-state index contributed by atoms with van der Waals surface area (Å²) in [6.45, 7) is 5.12. The summed E-state index contributed by atoms with van der Waals surface area (Å²) >= 11 is 6.80. The molecule has 1 aromatic rings. The summed E-state index contributed by atoms with van der Waals surface area (Å²) in [5.41, 5.74) is 0.932. The third kappa shape index (κ3) is 4.40. The maximum absolute atomic E-state index is 12.6. The van der Waals surface area contributed by atoms with Crippen molar-refractivity contribution in [2.45, 2.75) is 39.5 Å².